The van der Waals surface area contributed by atoms with Crippen molar-refractivity contribution in [2.45, 2.75) is 20.0 Å². The van der Waals surface area contributed by atoms with Gasteiger partial charge < -0.3 is 14.2 Å². The molecule has 0 saturated heterocycles. The third-order valence-corrected chi connectivity index (χ3v) is 3.88. The minimum Gasteiger partial charge on any atom is -0.484 e. The lowest BCUT2D eigenvalue weighted by Crippen LogP contribution is -2.48. The summed E-state index contributed by atoms with van der Waals surface area (Å²) in [6.45, 7) is 3.19. The number of rotatable bonds is 8. The summed E-state index contributed by atoms with van der Waals surface area (Å²) < 4.78 is 15.6. The SMILES string of the molecule is CCOC(=O)c1ccc(OCC(=O)NNC(=O)C(C)Oc2ccccc2Cl)cc1. The molecule has 2 rings (SSSR count). The Bertz CT molecular complexity index is 856. The van der Waals surface area contributed by atoms with Crippen LogP contribution in [0.1, 0.15) is 24.2 Å². The van der Waals surface area contributed by atoms with E-state index in [9.17, 15) is 14.4 Å². The van der Waals surface area contributed by atoms with Crippen LogP contribution >= 0.6 is 11.6 Å². The molecular formula is C20H21ClN2O6. The monoisotopic (exact) mass is 420 g/mol. The van der Waals surface area contributed by atoms with Gasteiger partial charge in [-0.05, 0) is 50.2 Å². The molecule has 0 aliphatic rings. The molecule has 0 saturated carbocycles. The highest BCUT2D eigenvalue weighted by atomic mass is 35.5. The van der Waals surface area contributed by atoms with Crippen molar-refractivity contribution in [2.24, 2.45) is 0 Å². The van der Waals surface area contributed by atoms with Crippen LogP contribution in [0.2, 0.25) is 5.02 Å². The van der Waals surface area contributed by atoms with Gasteiger partial charge in [-0.1, -0.05) is 23.7 Å². The zero-order chi connectivity index (χ0) is 21.2. The molecule has 0 radical (unpaired) electrons. The minimum absolute atomic E-state index is 0.283. The number of amides is 2. The van der Waals surface area contributed by atoms with Crippen molar-refractivity contribution in [2.75, 3.05) is 13.2 Å². The van der Waals surface area contributed by atoms with Gasteiger partial charge in [0, 0.05) is 0 Å². The lowest BCUT2D eigenvalue weighted by molar-refractivity contribution is -0.133. The number of halogens is 1. The summed E-state index contributed by atoms with van der Waals surface area (Å²) in [5.74, 6) is -0.824. The summed E-state index contributed by atoms with van der Waals surface area (Å²) in [5.41, 5.74) is 4.86. The fraction of sp³-hybridized carbons (Fsp3) is 0.250. The number of esters is 1. The molecule has 8 nitrogen and oxygen atoms in total. The number of benzene rings is 2. The molecule has 0 spiro atoms. The smallest absolute Gasteiger partial charge is 0.338 e. The van der Waals surface area contributed by atoms with Crippen molar-refractivity contribution >= 4 is 29.4 Å². The fourth-order valence-corrected chi connectivity index (χ4v) is 2.28. The van der Waals surface area contributed by atoms with E-state index in [0.717, 1.165) is 0 Å². The maximum Gasteiger partial charge on any atom is 0.338 e. The van der Waals surface area contributed by atoms with Crippen LogP contribution in [-0.4, -0.2) is 37.1 Å². The van der Waals surface area contributed by atoms with Crippen LogP contribution in [0.25, 0.3) is 0 Å². The average Bonchev–Trinajstić information content (AvgIpc) is 2.72. The first-order valence-corrected chi connectivity index (χ1v) is 9.18. The van der Waals surface area contributed by atoms with Gasteiger partial charge in [-0.15, -0.1) is 0 Å². The molecule has 1 unspecified atom stereocenters. The lowest BCUT2D eigenvalue weighted by Gasteiger charge is -2.16. The molecule has 2 aromatic rings. The number of carbonyl (C=O) groups is 3. The summed E-state index contributed by atoms with van der Waals surface area (Å²) in [6, 6.07) is 12.9. The Balaban J connectivity index is 1.74. The van der Waals surface area contributed by atoms with Crippen molar-refractivity contribution in [3.63, 3.8) is 0 Å². The summed E-state index contributed by atoms with van der Waals surface area (Å²) >= 11 is 5.97. The second kappa shape index (κ2) is 10.9. The number of carbonyl (C=O) groups excluding carboxylic acids is 3. The second-order valence-electron chi connectivity index (χ2n) is 5.76. The third kappa shape index (κ3) is 7.00. The Morgan fingerprint density at radius 3 is 2.38 bits per heavy atom. The predicted octanol–water partition coefficient (Wildman–Crippen LogP) is 2.51. The number of ether oxygens (including phenoxy) is 3. The first-order valence-electron chi connectivity index (χ1n) is 8.80. The van der Waals surface area contributed by atoms with Crippen molar-refractivity contribution in [3.8, 4) is 11.5 Å². The third-order valence-electron chi connectivity index (χ3n) is 3.57. The standard InChI is InChI=1S/C20H21ClN2O6/c1-3-27-20(26)14-8-10-15(11-9-14)28-12-18(24)22-23-19(25)13(2)29-17-7-5-4-6-16(17)21/h4-11,13H,3,12H2,1-2H3,(H,22,24)(H,23,25). The maximum atomic E-state index is 12.0. The van der Waals surface area contributed by atoms with Gasteiger partial charge in [-0.25, -0.2) is 4.79 Å². The highest BCUT2D eigenvalue weighted by Gasteiger charge is 2.16. The van der Waals surface area contributed by atoms with Crippen molar-refractivity contribution in [1.82, 2.24) is 10.9 Å². The van der Waals surface area contributed by atoms with E-state index in [1.54, 1.807) is 31.2 Å². The van der Waals surface area contributed by atoms with Gasteiger partial charge in [0.15, 0.2) is 12.7 Å². The van der Waals surface area contributed by atoms with Crippen LogP contribution < -0.4 is 20.3 Å². The summed E-state index contributed by atoms with van der Waals surface area (Å²) in [7, 11) is 0. The Kier molecular flexibility index (Phi) is 8.29. The highest BCUT2D eigenvalue weighted by molar-refractivity contribution is 6.32. The van der Waals surface area contributed by atoms with E-state index in [4.69, 9.17) is 25.8 Å². The van der Waals surface area contributed by atoms with E-state index in [1.807, 2.05) is 0 Å². The fourth-order valence-electron chi connectivity index (χ4n) is 2.10. The van der Waals surface area contributed by atoms with Crippen molar-refractivity contribution in [1.29, 1.82) is 0 Å². The van der Waals surface area contributed by atoms with E-state index < -0.39 is 23.9 Å². The number of hydrazine groups is 1. The van der Waals surface area contributed by atoms with Crippen LogP contribution in [0, 0.1) is 0 Å². The van der Waals surface area contributed by atoms with E-state index >= 15 is 0 Å². The number of nitrogens with one attached hydrogen (secondary N) is 2. The number of para-hydroxylation sites is 1. The molecule has 29 heavy (non-hydrogen) atoms. The molecule has 0 aromatic heterocycles. The van der Waals surface area contributed by atoms with Gasteiger partial charge in [-0.3, -0.25) is 20.4 Å². The van der Waals surface area contributed by atoms with Crippen LogP contribution in [0.5, 0.6) is 11.5 Å². The van der Waals surface area contributed by atoms with Gasteiger partial charge in [0.1, 0.15) is 11.5 Å². The van der Waals surface area contributed by atoms with Crippen LogP contribution in [-0.2, 0) is 14.3 Å². The van der Waals surface area contributed by atoms with E-state index in [2.05, 4.69) is 10.9 Å². The largest absolute Gasteiger partial charge is 0.484 e. The van der Waals surface area contributed by atoms with Crippen molar-refractivity contribution in [3.05, 3.63) is 59.1 Å². The topological polar surface area (TPSA) is 103 Å². The minimum atomic E-state index is -0.883. The van der Waals surface area contributed by atoms with Gasteiger partial charge in [0.2, 0.25) is 0 Å². The molecule has 1 atom stereocenters. The number of hydrogen-bond acceptors (Lipinski definition) is 6. The van der Waals surface area contributed by atoms with Gasteiger partial charge in [0.25, 0.3) is 11.8 Å². The quantitative estimate of drug-likeness (QED) is 0.502. The van der Waals surface area contributed by atoms with Gasteiger partial charge >= 0.3 is 5.97 Å². The number of hydrogen-bond donors (Lipinski definition) is 2. The molecule has 154 valence electrons. The van der Waals surface area contributed by atoms with E-state index in [-0.39, 0.29) is 13.2 Å². The first kappa shape index (κ1) is 22.0. The van der Waals surface area contributed by atoms with Crippen LogP contribution in [0.3, 0.4) is 0 Å². The van der Waals surface area contributed by atoms with E-state index in [0.29, 0.717) is 22.1 Å². The molecule has 0 heterocycles. The second-order valence-corrected chi connectivity index (χ2v) is 6.17. The molecule has 9 heteroatoms. The van der Waals surface area contributed by atoms with E-state index in [1.165, 1.54) is 31.2 Å². The molecule has 2 N–H and O–H groups in total. The molecule has 0 aliphatic carbocycles. The van der Waals surface area contributed by atoms with Crippen molar-refractivity contribution < 1.29 is 28.6 Å². The Morgan fingerprint density at radius 1 is 1.03 bits per heavy atom. The molecule has 0 fully saturated rings. The maximum absolute atomic E-state index is 12.0. The summed E-state index contributed by atoms with van der Waals surface area (Å²) in [6.07, 6.45) is -0.883. The van der Waals surface area contributed by atoms with Gasteiger partial charge in [0.05, 0.1) is 17.2 Å². The predicted molar refractivity (Wildman–Crippen MR) is 106 cm³/mol. The Hall–Kier alpha value is -3.26. The molecule has 2 amide bonds. The Morgan fingerprint density at radius 2 is 1.72 bits per heavy atom. The van der Waals surface area contributed by atoms with Crippen LogP contribution in [0.4, 0.5) is 0 Å². The average molecular weight is 421 g/mol. The molecule has 2 aromatic carbocycles. The molecular weight excluding hydrogens is 400 g/mol. The molecule has 0 bridgehead atoms. The first-order chi connectivity index (χ1) is 13.9. The zero-order valence-electron chi connectivity index (χ0n) is 15.9. The zero-order valence-corrected chi connectivity index (χ0v) is 16.7. The Labute approximate surface area is 173 Å². The molecule has 0 aliphatic heterocycles. The summed E-state index contributed by atoms with van der Waals surface area (Å²) in [4.78, 5) is 35.4. The lowest BCUT2D eigenvalue weighted by atomic mass is 10.2. The normalized spacial score (nSPS) is 11.1. The highest BCUT2D eigenvalue weighted by Crippen LogP contribution is 2.24. The van der Waals surface area contributed by atoms with Gasteiger partial charge in [-0.2, -0.15) is 0 Å². The summed E-state index contributed by atoms with van der Waals surface area (Å²) in [5, 5.41) is 0.374. The van der Waals surface area contributed by atoms with Crippen LogP contribution in [0.15, 0.2) is 48.5 Å².